The summed E-state index contributed by atoms with van der Waals surface area (Å²) in [6.07, 6.45) is 4.70. The Morgan fingerprint density at radius 2 is 2.23 bits per heavy atom. The molecule has 3 rings (SSSR count). The molecule has 2 aromatic rings. The number of allylic oxidation sites excluding steroid dienone is 1. The number of sulfonamides is 1. The molecule has 2 aromatic heterocycles. The zero-order valence-electron chi connectivity index (χ0n) is 12.1. The van der Waals surface area contributed by atoms with Crippen molar-refractivity contribution in [3.8, 4) is 0 Å². The van der Waals surface area contributed by atoms with E-state index in [0.717, 1.165) is 0 Å². The Morgan fingerprint density at radius 3 is 2.86 bits per heavy atom. The van der Waals surface area contributed by atoms with E-state index in [-0.39, 0.29) is 5.56 Å². The molecule has 0 bridgehead atoms. The average Bonchev–Trinajstić information content (AvgIpc) is 3.17. The standard InChI is InChI=1S/C14H16N4O3S/c1-3-6-14(7-8-14)22(20,21)17-13(19)11-5-4-9-18-10(2)15-16-12(11)18/h3-5,9H,1,6-8H2,2H3,(H,17,19). The molecule has 1 aliphatic carbocycles. The minimum atomic E-state index is -3.75. The summed E-state index contributed by atoms with van der Waals surface area (Å²) in [7, 11) is -3.75. The first-order valence-electron chi connectivity index (χ1n) is 6.88. The lowest BCUT2D eigenvalue weighted by Crippen LogP contribution is -2.39. The summed E-state index contributed by atoms with van der Waals surface area (Å²) < 4.78 is 27.7. The van der Waals surface area contributed by atoms with Gasteiger partial charge in [0.2, 0.25) is 10.0 Å². The fraction of sp³-hybridized carbons (Fsp3) is 0.357. The van der Waals surface area contributed by atoms with E-state index in [1.807, 2.05) is 0 Å². The second kappa shape index (κ2) is 4.91. The van der Waals surface area contributed by atoms with Crippen LogP contribution in [0.4, 0.5) is 0 Å². The maximum Gasteiger partial charge on any atom is 0.268 e. The van der Waals surface area contributed by atoms with E-state index in [1.54, 1.807) is 29.7 Å². The molecule has 0 spiro atoms. The quantitative estimate of drug-likeness (QED) is 0.836. The fourth-order valence-corrected chi connectivity index (χ4v) is 4.03. The lowest BCUT2D eigenvalue weighted by Gasteiger charge is -2.15. The first kappa shape index (κ1) is 14.7. The molecular formula is C14H16N4O3S. The molecule has 1 aliphatic rings. The molecule has 0 radical (unpaired) electrons. The zero-order chi connectivity index (χ0) is 16.0. The smallest absolute Gasteiger partial charge is 0.268 e. The van der Waals surface area contributed by atoms with E-state index in [9.17, 15) is 13.2 Å². The molecule has 1 amide bonds. The number of pyridine rings is 1. The number of hydrogen-bond acceptors (Lipinski definition) is 5. The highest BCUT2D eigenvalue weighted by atomic mass is 32.2. The number of aryl methyl sites for hydroxylation is 1. The maximum atomic E-state index is 12.4. The average molecular weight is 320 g/mol. The van der Waals surface area contributed by atoms with Gasteiger partial charge in [0.25, 0.3) is 5.91 Å². The predicted octanol–water partition coefficient (Wildman–Crippen LogP) is 1.21. The van der Waals surface area contributed by atoms with Gasteiger partial charge in [-0.1, -0.05) is 6.08 Å². The Balaban J connectivity index is 1.93. The van der Waals surface area contributed by atoms with Crippen LogP contribution < -0.4 is 4.72 Å². The van der Waals surface area contributed by atoms with Gasteiger partial charge >= 0.3 is 0 Å². The third-order valence-electron chi connectivity index (χ3n) is 3.97. The Bertz CT molecular complexity index is 865. The molecule has 1 fully saturated rings. The first-order valence-corrected chi connectivity index (χ1v) is 8.36. The lowest BCUT2D eigenvalue weighted by molar-refractivity contribution is 0.0982. The minimum Gasteiger partial charge on any atom is -0.286 e. The summed E-state index contributed by atoms with van der Waals surface area (Å²) in [4.78, 5) is 12.4. The van der Waals surface area contributed by atoms with E-state index in [2.05, 4.69) is 21.5 Å². The number of carbonyl (C=O) groups excluding carboxylic acids is 1. The van der Waals surface area contributed by atoms with Crippen molar-refractivity contribution < 1.29 is 13.2 Å². The summed E-state index contributed by atoms with van der Waals surface area (Å²) in [5.74, 6) is -0.0637. The number of carbonyl (C=O) groups is 1. The molecule has 0 aromatic carbocycles. The van der Waals surface area contributed by atoms with Crippen LogP contribution in [0.1, 0.15) is 35.4 Å². The molecule has 0 saturated heterocycles. The number of rotatable bonds is 5. The third kappa shape index (κ3) is 2.19. The highest BCUT2D eigenvalue weighted by Crippen LogP contribution is 2.46. The van der Waals surface area contributed by atoms with Crippen LogP contribution in [0, 0.1) is 6.92 Å². The van der Waals surface area contributed by atoms with Crippen molar-refractivity contribution in [1.82, 2.24) is 19.3 Å². The number of fused-ring (bicyclic) bond motifs is 1. The van der Waals surface area contributed by atoms with Gasteiger partial charge in [-0.05, 0) is 38.3 Å². The second-order valence-corrected chi connectivity index (χ2v) is 7.55. The van der Waals surface area contributed by atoms with Crippen molar-refractivity contribution in [2.24, 2.45) is 0 Å². The Hall–Kier alpha value is -2.22. The van der Waals surface area contributed by atoms with E-state index in [4.69, 9.17) is 0 Å². The van der Waals surface area contributed by atoms with Crippen molar-refractivity contribution in [1.29, 1.82) is 0 Å². The summed E-state index contributed by atoms with van der Waals surface area (Å²) in [6, 6.07) is 3.18. The fourth-order valence-electron chi connectivity index (χ4n) is 2.48. The van der Waals surface area contributed by atoms with E-state index >= 15 is 0 Å². The molecule has 7 nitrogen and oxygen atoms in total. The van der Waals surface area contributed by atoms with Crippen LogP contribution in [0.3, 0.4) is 0 Å². The van der Waals surface area contributed by atoms with Gasteiger partial charge in [-0.2, -0.15) is 0 Å². The molecule has 8 heteroatoms. The van der Waals surface area contributed by atoms with Crippen molar-refractivity contribution in [2.45, 2.75) is 30.9 Å². The SMILES string of the molecule is C=CCC1(S(=O)(=O)NC(=O)c2cccn3c(C)nnc23)CC1. The Labute approximate surface area is 128 Å². The van der Waals surface area contributed by atoms with Crippen LogP contribution >= 0.6 is 0 Å². The van der Waals surface area contributed by atoms with Crippen molar-refractivity contribution in [3.05, 3.63) is 42.4 Å². The van der Waals surface area contributed by atoms with Crippen LogP contribution in [0.15, 0.2) is 31.0 Å². The topological polar surface area (TPSA) is 93.4 Å². The van der Waals surface area contributed by atoms with Crippen molar-refractivity contribution in [3.63, 3.8) is 0 Å². The first-order chi connectivity index (χ1) is 10.4. The van der Waals surface area contributed by atoms with Gasteiger partial charge in [-0.3, -0.25) is 9.20 Å². The highest BCUT2D eigenvalue weighted by Gasteiger charge is 2.54. The molecule has 116 valence electrons. The number of amides is 1. The third-order valence-corrected chi connectivity index (χ3v) is 6.14. The van der Waals surface area contributed by atoms with Gasteiger partial charge in [0.05, 0.1) is 10.3 Å². The normalized spacial score (nSPS) is 16.4. The minimum absolute atomic E-state index is 0.182. The van der Waals surface area contributed by atoms with Gasteiger partial charge in [-0.25, -0.2) is 13.1 Å². The number of nitrogens with zero attached hydrogens (tertiary/aromatic N) is 3. The van der Waals surface area contributed by atoms with Gasteiger partial charge in [0.1, 0.15) is 5.82 Å². The second-order valence-electron chi connectivity index (χ2n) is 5.47. The lowest BCUT2D eigenvalue weighted by atomic mass is 10.2. The molecule has 0 atom stereocenters. The molecule has 1 saturated carbocycles. The monoisotopic (exact) mass is 320 g/mol. The van der Waals surface area contributed by atoms with Crippen LogP contribution in [0.5, 0.6) is 0 Å². The summed E-state index contributed by atoms with van der Waals surface area (Å²) in [5.41, 5.74) is 0.516. The van der Waals surface area contributed by atoms with E-state index in [1.165, 1.54) is 6.07 Å². The molecule has 2 heterocycles. The Morgan fingerprint density at radius 1 is 1.50 bits per heavy atom. The maximum absolute atomic E-state index is 12.4. The van der Waals surface area contributed by atoms with Crippen molar-refractivity contribution >= 4 is 21.6 Å². The van der Waals surface area contributed by atoms with Crippen LogP contribution in [-0.4, -0.2) is 33.7 Å². The molecule has 1 N–H and O–H groups in total. The molecule has 0 aliphatic heterocycles. The summed E-state index contributed by atoms with van der Waals surface area (Å²) in [5, 5.41) is 7.82. The van der Waals surface area contributed by atoms with Gasteiger partial charge in [-0.15, -0.1) is 16.8 Å². The van der Waals surface area contributed by atoms with Crippen LogP contribution in [-0.2, 0) is 10.0 Å². The summed E-state index contributed by atoms with van der Waals surface area (Å²) >= 11 is 0. The van der Waals surface area contributed by atoms with Crippen LogP contribution in [0.25, 0.3) is 5.65 Å². The molecular weight excluding hydrogens is 304 g/mol. The predicted molar refractivity (Wildman–Crippen MR) is 80.9 cm³/mol. The highest BCUT2D eigenvalue weighted by molar-refractivity contribution is 7.91. The zero-order valence-corrected chi connectivity index (χ0v) is 12.9. The van der Waals surface area contributed by atoms with Gasteiger partial charge < -0.3 is 0 Å². The van der Waals surface area contributed by atoms with Crippen molar-refractivity contribution in [2.75, 3.05) is 0 Å². The van der Waals surface area contributed by atoms with E-state index < -0.39 is 20.7 Å². The van der Waals surface area contributed by atoms with Gasteiger partial charge in [0, 0.05) is 6.20 Å². The molecule has 0 unspecified atom stereocenters. The Kier molecular flexibility index (Phi) is 3.28. The van der Waals surface area contributed by atoms with Gasteiger partial charge in [0.15, 0.2) is 5.65 Å². The summed E-state index contributed by atoms with van der Waals surface area (Å²) in [6.45, 7) is 5.33. The number of hydrogen-bond donors (Lipinski definition) is 1. The molecule has 22 heavy (non-hydrogen) atoms. The number of aromatic nitrogens is 3. The van der Waals surface area contributed by atoms with E-state index in [0.29, 0.717) is 30.7 Å². The van der Waals surface area contributed by atoms with Crippen LogP contribution in [0.2, 0.25) is 0 Å². The largest absolute Gasteiger partial charge is 0.286 e. The number of nitrogens with one attached hydrogen (secondary N) is 1.